The Kier molecular flexibility index (Phi) is 3.94. The zero-order valence-electron chi connectivity index (χ0n) is 10.4. The minimum Gasteiger partial charge on any atom is -0.357 e. The maximum absolute atomic E-state index is 12.7. The van der Waals surface area contributed by atoms with E-state index in [2.05, 4.69) is 26.2 Å². The van der Waals surface area contributed by atoms with E-state index in [1.54, 1.807) is 11.3 Å². The van der Waals surface area contributed by atoms with E-state index >= 15 is 0 Å². The molecule has 0 saturated heterocycles. The molecule has 110 valence electrons. The van der Waals surface area contributed by atoms with Crippen LogP contribution in [0, 0.1) is 0 Å². The Morgan fingerprint density at radius 3 is 2.71 bits per heavy atom. The van der Waals surface area contributed by atoms with Gasteiger partial charge in [0.1, 0.15) is 0 Å². The van der Waals surface area contributed by atoms with Crippen molar-refractivity contribution in [2.75, 3.05) is 5.32 Å². The summed E-state index contributed by atoms with van der Waals surface area (Å²) in [5.74, 6) is 0. The number of hydrogen-bond donors (Lipinski definition) is 1. The summed E-state index contributed by atoms with van der Waals surface area (Å²) < 4.78 is 39.7. The number of thiazole rings is 1. The lowest BCUT2D eigenvalue weighted by molar-refractivity contribution is -0.137. The van der Waals surface area contributed by atoms with Crippen LogP contribution in [0.15, 0.2) is 34.1 Å². The van der Waals surface area contributed by atoms with Crippen molar-refractivity contribution in [3.8, 4) is 0 Å². The van der Waals surface area contributed by atoms with Gasteiger partial charge in [-0.2, -0.15) is 13.2 Å². The van der Waals surface area contributed by atoms with Crippen molar-refractivity contribution in [2.24, 2.45) is 0 Å². The first kappa shape index (κ1) is 14.8. The summed E-state index contributed by atoms with van der Waals surface area (Å²) in [7, 11) is 0. The fraction of sp³-hybridized carbons (Fsp3) is 0.154. The minimum atomic E-state index is -4.34. The molecule has 0 atom stereocenters. The van der Waals surface area contributed by atoms with E-state index < -0.39 is 11.7 Å². The zero-order chi connectivity index (χ0) is 15.0. The fourth-order valence-electron chi connectivity index (χ4n) is 1.79. The van der Waals surface area contributed by atoms with E-state index in [1.165, 1.54) is 17.4 Å². The van der Waals surface area contributed by atoms with Crippen molar-refractivity contribution in [3.63, 3.8) is 0 Å². The number of aromatic nitrogens is 1. The third-order valence-corrected chi connectivity index (χ3v) is 5.73. The molecule has 0 aliphatic carbocycles. The van der Waals surface area contributed by atoms with E-state index in [-0.39, 0.29) is 0 Å². The second-order valence-corrected chi connectivity index (χ2v) is 7.13. The predicted octanol–water partition coefficient (Wildman–Crippen LogP) is 5.75. The Labute approximate surface area is 134 Å². The molecule has 2 nitrogen and oxygen atoms in total. The Morgan fingerprint density at radius 1 is 1.24 bits per heavy atom. The van der Waals surface area contributed by atoms with Crippen molar-refractivity contribution in [3.05, 3.63) is 44.6 Å². The molecule has 0 aliphatic rings. The van der Waals surface area contributed by atoms with Gasteiger partial charge in [-0.15, -0.1) is 11.3 Å². The van der Waals surface area contributed by atoms with Crippen molar-refractivity contribution in [2.45, 2.75) is 12.7 Å². The molecule has 0 bridgehead atoms. The number of nitrogens with zero attached hydrogens (tertiary/aromatic N) is 1. The predicted molar refractivity (Wildman–Crippen MR) is 84.0 cm³/mol. The maximum Gasteiger partial charge on any atom is 0.416 e. The first-order valence-corrected chi connectivity index (χ1v) is 8.36. The molecule has 0 aliphatic heterocycles. The highest BCUT2D eigenvalue weighted by Crippen LogP contribution is 2.34. The van der Waals surface area contributed by atoms with Crippen LogP contribution in [0.4, 0.5) is 18.3 Å². The van der Waals surface area contributed by atoms with E-state index in [0.717, 1.165) is 26.2 Å². The molecule has 0 fully saturated rings. The van der Waals surface area contributed by atoms with Crippen molar-refractivity contribution in [1.29, 1.82) is 0 Å². The molecule has 0 spiro atoms. The zero-order valence-corrected chi connectivity index (χ0v) is 13.6. The maximum atomic E-state index is 12.7. The lowest BCUT2D eigenvalue weighted by atomic mass is 10.2. The standard InChI is InChI=1S/C13H8BrF3N2S2/c14-8-3-4-20-11(8)6-18-12-19-9-5-7(13(15,16)17)1-2-10(9)21-12/h1-5H,6H2,(H,18,19). The number of thiophene rings is 1. The number of anilines is 1. The molecule has 21 heavy (non-hydrogen) atoms. The summed E-state index contributed by atoms with van der Waals surface area (Å²) in [6.07, 6.45) is -4.34. The average Bonchev–Trinajstić information content (AvgIpc) is 2.99. The molecular formula is C13H8BrF3N2S2. The van der Waals surface area contributed by atoms with Gasteiger partial charge in [0, 0.05) is 9.35 Å². The van der Waals surface area contributed by atoms with Gasteiger partial charge in [-0.1, -0.05) is 11.3 Å². The van der Waals surface area contributed by atoms with Crippen LogP contribution in [0.25, 0.3) is 10.2 Å². The summed E-state index contributed by atoms with van der Waals surface area (Å²) in [4.78, 5) is 5.33. The second-order valence-electron chi connectivity index (χ2n) is 4.24. The fourth-order valence-corrected chi connectivity index (χ4v) is 4.06. The van der Waals surface area contributed by atoms with Crippen LogP contribution < -0.4 is 5.32 Å². The van der Waals surface area contributed by atoms with Gasteiger partial charge in [0.25, 0.3) is 0 Å². The minimum absolute atomic E-state index is 0.363. The number of benzene rings is 1. The van der Waals surface area contributed by atoms with Crippen LogP contribution in [0.5, 0.6) is 0 Å². The van der Waals surface area contributed by atoms with Crippen LogP contribution in [-0.4, -0.2) is 4.98 Å². The highest BCUT2D eigenvalue weighted by molar-refractivity contribution is 9.10. The highest BCUT2D eigenvalue weighted by Gasteiger charge is 2.30. The molecule has 0 saturated carbocycles. The van der Waals surface area contributed by atoms with Gasteiger partial charge >= 0.3 is 6.18 Å². The number of hydrogen-bond acceptors (Lipinski definition) is 4. The Balaban J connectivity index is 1.82. The number of rotatable bonds is 3. The van der Waals surface area contributed by atoms with E-state index in [1.807, 2.05) is 11.4 Å². The van der Waals surface area contributed by atoms with E-state index in [4.69, 9.17) is 0 Å². The van der Waals surface area contributed by atoms with E-state index in [9.17, 15) is 13.2 Å². The smallest absolute Gasteiger partial charge is 0.357 e. The summed E-state index contributed by atoms with van der Waals surface area (Å²) in [6.45, 7) is 0.587. The first-order valence-electron chi connectivity index (χ1n) is 5.87. The van der Waals surface area contributed by atoms with Crippen LogP contribution >= 0.6 is 38.6 Å². The largest absolute Gasteiger partial charge is 0.416 e. The summed E-state index contributed by atoms with van der Waals surface area (Å²) in [5.41, 5.74) is -0.310. The van der Waals surface area contributed by atoms with Crippen LogP contribution in [0.1, 0.15) is 10.4 Å². The molecule has 2 aromatic heterocycles. The number of alkyl halides is 3. The van der Waals surface area contributed by atoms with Gasteiger partial charge in [-0.25, -0.2) is 4.98 Å². The van der Waals surface area contributed by atoms with Crippen molar-refractivity contribution < 1.29 is 13.2 Å². The lowest BCUT2D eigenvalue weighted by Gasteiger charge is -2.04. The normalized spacial score (nSPS) is 12.0. The summed E-state index contributed by atoms with van der Waals surface area (Å²) >= 11 is 6.38. The Hall–Kier alpha value is -1.12. The third kappa shape index (κ3) is 3.22. The lowest BCUT2D eigenvalue weighted by Crippen LogP contribution is -2.04. The second kappa shape index (κ2) is 5.58. The molecule has 1 N–H and O–H groups in total. The van der Waals surface area contributed by atoms with Crippen molar-refractivity contribution >= 4 is 54.0 Å². The molecular weight excluding hydrogens is 385 g/mol. The Morgan fingerprint density at radius 2 is 2.05 bits per heavy atom. The molecule has 2 heterocycles. The SMILES string of the molecule is FC(F)(F)c1ccc2sc(NCc3sccc3Br)nc2c1. The van der Waals surface area contributed by atoms with Crippen molar-refractivity contribution in [1.82, 2.24) is 4.98 Å². The van der Waals surface area contributed by atoms with Gasteiger partial charge in [-0.05, 0) is 45.6 Å². The third-order valence-electron chi connectivity index (χ3n) is 2.81. The summed E-state index contributed by atoms with van der Waals surface area (Å²) in [6, 6.07) is 5.58. The molecule has 1 aromatic carbocycles. The van der Waals surface area contributed by atoms with E-state index in [0.29, 0.717) is 17.2 Å². The number of halogens is 4. The molecule has 0 unspecified atom stereocenters. The number of nitrogens with one attached hydrogen (secondary N) is 1. The molecule has 3 aromatic rings. The average molecular weight is 393 g/mol. The molecule has 0 amide bonds. The van der Waals surface area contributed by atoms with Crippen LogP contribution in [-0.2, 0) is 12.7 Å². The topological polar surface area (TPSA) is 24.9 Å². The van der Waals surface area contributed by atoms with Gasteiger partial charge in [0.2, 0.25) is 0 Å². The Bertz CT molecular complexity index is 779. The molecule has 8 heteroatoms. The molecule has 3 rings (SSSR count). The molecule has 0 radical (unpaired) electrons. The monoisotopic (exact) mass is 392 g/mol. The number of fused-ring (bicyclic) bond motifs is 1. The summed E-state index contributed by atoms with van der Waals surface area (Å²) in [5, 5.41) is 5.72. The van der Waals surface area contributed by atoms with Crippen LogP contribution in [0.2, 0.25) is 0 Å². The van der Waals surface area contributed by atoms with Gasteiger partial charge in [-0.3, -0.25) is 0 Å². The van der Waals surface area contributed by atoms with Gasteiger partial charge in [0.05, 0.1) is 22.3 Å². The van der Waals surface area contributed by atoms with Gasteiger partial charge in [0.15, 0.2) is 5.13 Å². The quantitative estimate of drug-likeness (QED) is 0.613. The highest BCUT2D eigenvalue weighted by atomic mass is 79.9. The van der Waals surface area contributed by atoms with Gasteiger partial charge < -0.3 is 5.32 Å². The first-order chi connectivity index (χ1) is 9.93. The van der Waals surface area contributed by atoms with Crippen LogP contribution in [0.3, 0.4) is 0 Å².